The van der Waals surface area contributed by atoms with E-state index in [9.17, 15) is 9.90 Å². The van der Waals surface area contributed by atoms with E-state index in [-0.39, 0.29) is 19.0 Å². The maximum atomic E-state index is 12.5. The Bertz CT molecular complexity index is 1000. The summed E-state index contributed by atoms with van der Waals surface area (Å²) >= 11 is 0. The number of ketones is 1. The first-order valence-electron chi connectivity index (χ1n) is 8.82. The summed E-state index contributed by atoms with van der Waals surface area (Å²) in [6.45, 7) is 1.63. The second-order valence-corrected chi connectivity index (χ2v) is 6.40. The molecule has 0 spiro atoms. The van der Waals surface area contributed by atoms with Crippen molar-refractivity contribution in [2.24, 2.45) is 0 Å². The summed E-state index contributed by atoms with van der Waals surface area (Å²) in [5.41, 5.74) is 5.05. The number of H-pyrrole nitrogens is 1. The Hall–Kier alpha value is -3.22. The van der Waals surface area contributed by atoms with Gasteiger partial charge in [0.1, 0.15) is 5.75 Å². The Kier molecular flexibility index (Phi) is 6.03. The number of aromatic nitrogens is 2. The van der Waals surface area contributed by atoms with Crippen molar-refractivity contribution in [1.82, 2.24) is 10.2 Å². The minimum atomic E-state index is -0.201. The molecule has 1 aromatic heterocycles. The Labute approximate surface area is 163 Å². The molecular formula is C22H22N2O4. The lowest BCUT2D eigenvalue weighted by atomic mass is 10.0. The first kappa shape index (κ1) is 19.5. The van der Waals surface area contributed by atoms with Crippen LogP contribution < -0.4 is 4.74 Å². The van der Waals surface area contributed by atoms with E-state index in [1.54, 1.807) is 18.2 Å². The number of aliphatic hydroxyl groups is 2. The number of aryl methyl sites for hydroxylation is 1. The maximum Gasteiger partial charge on any atom is 0.185 e. The van der Waals surface area contributed by atoms with Gasteiger partial charge < -0.3 is 14.9 Å². The number of benzene rings is 2. The number of aliphatic hydroxyl groups excluding tert-OH is 2. The number of carbonyl (C=O) groups excluding carboxylic acids is 1. The van der Waals surface area contributed by atoms with Crippen molar-refractivity contribution < 1.29 is 19.7 Å². The number of nitrogens with zero attached hydrogens (tertiary/aromatic N) is 1. The zero-order valence-electron chi connectivity index (χ0n) is 15.8. The quantitative estimate of drug-likeness (QED) is 0.433. The lowest BCUT2D eigenvalue weighted by Crippen LogP contribution is -2.01. The van der Waals surface area contributed by atoms with Crippen LogP contribution in [0.15, 0.2) is 48.5 Å². The molecule has 0 saturated carbocycles. The van der Waals surface area contributed by atoms with E-state index in [1.807, 2.05) is 37.3 Å². The van der Waals surface area contributed by atoms with Crippen LogP contribution in [-0.2, 0) is 13.2 Å². The third-order valence-electron chi connectivity index (χ3n) is 4.45. The summed E-state index contributed by atoms with van der Waals surface area (Å²) < 4.78 is 5.27. The van der Waals surface area contributed by atoms with E-state index in [0.717, 1.165) is 22.4 Å². The van der Waals surface area contributed by atoms with Gasteiger partial charge in [-0.3, -0.25) is 9.89 Å². The van der Waals surface area contributed by atoms with Gasteiger partial charge in [-0.15, -0.1) is 0 Å². The fourth-order valence-corrected chi connectivity index (χ4v) is 3.01. The van der Waals surface area contributed by atoms with E-state index in [1.165, 1.54) is 13.2 Å². The molecule has 3 aromatic rings. The van der Waals surface area contributed by atoms with Gasteiger partial charge in [-0.1, -0.05) is 24.3 Å². The fraction of sp³-hybridized carbons (Fsp3) is 0.182. The summed E-state index contributed by atoms with van der Waals surface area (Å²) in [4.78, 5) is 12.5. The summed E-state index contributed by atoms with van der Waals surface area (Å²) in [6.07, 6.45) is 3.13. The maximum absolute atomic E-state index is 12.5. The minimum Gasteiger partial charge on any atom is -0.496 e. The van der Waals surface area contributed by atoms with Crippen LogP contribution in [0.1, 0.15) is 32.7 Å². The lowest BCUT2D eigenvalue weighted by molar-refractivity contribution is 0.104. The standard InChI is InChI=1S/C22H22N2O4/c1-14-9-17(10-18(13-26)22(14)28-2)21(27)8-7-19-11-20(24-23-19)16-5-3-15(12-25)4-6-16/h3-11,25-26H,12-13H2,1-2H3,(H,23,24)/b8-7+. The molecule has 2 aromatic carbocycles. The molecule has 28 heavy (non-hydrogen) atoms. The molecule has 0 saturated heterocycles. The van der Waals surface area contributed by atoms with Gasteiger partial charge in [-0.2, -0.15) is 5.10 Å². The van der Waals surface area contributed by atoms with E-state index in [2.05, 4.69) is 10.2 Å². The topological polar surface area (TPSA) is 95.4 Å². The van der Waals surface area contributed by atoms with Gasteiger partial charge in [0.25, 0.3) is 0 Å². The monoisotopic (exact) mass is 378 g/mol. The molecule has 0 radical (unpaired) electrons. The van der Waals surface area contributed by atoms with Crippen molar-refractivity contribution in [3.63, 3.8) is 0 Å². The lowest BCUT2D eigenvalue weighted by Gasteiger charge is -2.11. The molecule has 0 aliphatic rings. The van der Waals surface area contributed by atoms with Gasteiger partial charge in [-0.05, 0) is 48.4 Å². The highest BCUT2D eigenvalue weighted by Crippen LogP contribution is 2.26. The molecule has 0 bridgehead atoms. The smallest absolute Gasteiger partial charge is 0.185 e. The number of hydrogen-bond donors (Lipinski definition) is 3. The van der Waals surface area contributed by atoms with Gasteiger partial charge >= 0.3 is 0 Å². The van der Waals surface area contributed by atoms with Crippen LogP contribution in [0.5, 0.6) is 5.75 Å². The molecule has 0 unspecified atom stereocenters. The summed E-state index contributed by atoms with van der Waals surface area (Å²) in [5, 5.41) is 25.8. The highest BCUT2D eigenvalue weighted by Gasteiger charge is 2.11. The Morgan fingerprint density at radius 3 is 2.54 bits per heavy atom. The third-order valence-corrected chi connectivity index (χ3v) is 4.45. The van der Waals surface area contributed by atoms with Gasteiger partial charge in [0.2, 0.25) is 0 Å². The zero-order chi connectivity index (χ0) is 20.1. The highest BCUT2D eigenvalue weighted by atomic mass is 16.5. The van der Waals surface area contributed by atoms with Gasteiger partial charge in [0.15, 0.2) is 5.78 Å². The Morgan fingerprint density at radius 2 is 1.89 bits per heavy atom. The van der Waals surface area contributed by atoms with Crippen molar-refractivity contribution in [3.8, 4) is 17.0 Å². The van der Waals surface area contributed by atoms with E-state index in [4.69, 9.17) is 9.84 Å². The van der Waals surface area contributed by atoms with Crippen molar-refractivity contribution in [2.75, 3.05) is 7.11 Å². The number of hydrogen-bond acceptors (Lipinski definition) is 5. The van der Waals surface area contributed by atoms with Crippen LogP contribution in [0, 0.1) is 6.92 Å². The number of nitrogens with one attached hydrogen (secondary N) is 1. The molecule has 0 fully saturated rings. The fourth-order valence-electron chi connectivity index (χ4n) is 3.01. The molecule has 0 amide bonds. The molecule has 6 nitrogen and oxygen atoms in total. The average molecular weight is 378 g/mol. The van der Waals surface area contributed by atoms with E-state index >= 15 is 0 Å². The number of ether oxygens (including phenoxy) is 1. The second kappa shape index (κ2) is 8.65. The number of aromatic amines is 1. The molecule has 3 rings (SSSR count). The number of carbonyl (C=O) groups is 1. The van der Waals surface area contributed by atoms with Gasteiger partial charge in [-0.25, -0.2) is 0 Å². The zero-order valence-corrected chi connectivity index (χ0v) is 15.8. The first-order valence-corrected chi connectivity index (χ1v) is 8.82. The Balaban J connectivity index is 1.78. The number of methoxy groups -OCH3 is 1. The second-order valence-electron chi connectivity index (χ2n) is 6.40. The number of allylic oxidation sites excluding steroid dienone is 1. The molecule has 0 aliphatic carbocycles. The van der Waals surface area contributed by atoms with Crippen LogP contribution >= 0.6 is 0 Å². The van der Waals surface area contributed by atoms with Crippen molar-refractivity contribution in [1.29, 1.82) is 0 Å². The van der Waals surface area contributed by atoms with Crippen LogP contribution in [0.4, 0.5) is 0 Å². The highest BCUT2D eigenvalue weighted by molar-refractivity contribution is 6.07. The molecule has 6 heteroatoms. The summed E-state index contributed by atoms with van der Waals surface area (Å²) in [7, 11) is 1.54. The minimum absolute atomic E-state index is 0.000223. The SMILES string of the molecule is COc1c(C)cc(C(=O)/C=C/c2cc(-c3ccc(CO)cc3)n[nH]2)cc1CO. The molecule has 1 heterocycles. The van der Waals surface area contributed by atoms with Gasteiger partial charge in [0, 0.05) is 16.7 Å². The number of rotatable bonds is 7. The van der Waals surface area contributed by atoms with Crippen LogP contribution in [-0.4, -0.2) is 33.3 Å². The molecule has 0 aliphatic heterocycles. The van der Waals surface area contributed by atoms with E-state index in [0.29, 0.717) is 22.6 Å². The van der Waals surface area contributed by atoms with Gasteiger partial charge in [0.05, 0.1) is 31.7 Å². The van der Waals surface area contributed by atoms with Crippen molar-refractivity contribution in [3.05, 3.63) is 76.5 Å². The largest absolute Gasteiger partial charge is 0.496 e. The van der Waals surface area contributed by atoms with Crippen LogP contribution in [0.2, 0.25) is 0 Å². The molecule has 144 valence electrons. The molecular weight excluding hydrogens is 356 g/mol. The summed E-state index contributed by atoms with van der Waals surface area (Å²) in [5.74, 6) is 0.414. The predicted molar refractivity (Wildman–Crippen MR) is 107 cm³/mol. The van der Waals surface area contributed by atoms with Crippen molar-refractivity contribution >= 4 is 11.9 Å². The summed E-state index contributed by atoms with van der Waals surface area (Å²) in [6, 6.07) is 12.7. The third kappa shape index (κ3) is 4.19. The van der Waals surface area contributed by atoms with Crippen molar-refractivity contribution in [2.45, 2.75) is 20.1 Å². The van der Waals surface area contributed by atoms with Crippen LogP contribution in [0.3, 0.4) is 0 Å². The van der Waals surface area contributed by atoms with Crippen LogP contribution in [0.25, 0.3) is 17.3 Å². The molecule has 0 atom stereocenters. The normalized spacial score (nSPS) is 11.1. The first-order chi connectivity index (χ1) is 13.5. The molecule has 3 N–H and O–H groups in total. The Morgan fingerprint density at radius 1 is 1.14 bits per heavy atom. The predicted octanol–water partition coefficient (Wildman–Crippen LogP) is 3.27. The average Bonchev–Trinajstić information content (AvgIpc) is 3.20. The van der Waals surface area contributed by atoms with E-state index < -0.39 is 0 Å².